The van der Waals surface area contributed by atoms with Gasteiger partial charge in [0.25, 0.3) is 0 Å². The molecule has 144 valence electrons. The average molecular weight is 370 g/mol. The van der Waals surface area contributed by atoms with Crippen molar-refractivity contribution in [3.63, 3.8) is 0 Å². The lowest BCUT2D eigenvalue weighted by Crippen LogP contribution is -2.49. The molecule has 0 spiro atoms. The van der Waals surface area contributed by atoms with Gasteiger partial charge in [0.2, 0.25) is 0 Å². The predicted octanol–water partition coefficient (Wildman–Crippen LogP) is 3.11. The van der Waals surface area contributed by atoms with Gasteiger partial charge in [-0.1, -0.05) is 19.1 Å². The predicted molar refractivity (Wildman–Crippen MR) is 104 cm³/mol. The number of para-hydroxylation sites is 2. The van der Waals surface area contributed by atoms with Crippen molar-refractivity contribution in [2.75, 3.05) is 38.2 Å². The van der Waals surface area contributed by atoms with Crippen molar-refractivity contribution in [1.29, 1.82) is 0 Å². The summed E-state index contributed by atoms with van der Waals surface area (Å²) in [7, 11) is 0. The summed E-state index contributed by atoms with van der Waals surface area (Å²) in [5, 5.41) is 5.84. The number of pyridine rings is 1. The minimum Gasteiger partial charge on any atom is -0.454 e. The van der Waals surface area contributed by atoms with Crippen molar-refractivity contribution >= 4 is 11.7 Å². The number of ether oxygens (including phenoxy) is 2. The van der Waals surface area contributed by atoms with Crippen LogP contribution in [0, 0.1) is 0 Å². The molecule has 1 atom stereocenters. The SMILES string of the molecule is CCC(CNC(=O)Nc1ccccc1Oc1cccnc1)N1CCOCC1. The molecule has 2 amide bonds. The maximum Gasteiger partial charge on any atom is 0.319 e. The molecule has 3 rings (SSSR count). The molecule has 27 heavy (non-hydrogen) atoms. The molecule has 2 aromatic rings. The summed E-state index contributed by atoms with van der Waals surface area (Å²) in [6, 6.07) is 11.0. The van der Waals surface area contributed by atoms with Crippen LogP contribution in [0.5, 0.6) is 11.5 Å². The average Bonchev–Trinajstić information content (AvgIpc) is 2.71. The number of benzene rings is 1. The van der Waals surface area contributed by atoms with E-state index in [-0.39, 0.29) is 6.03 Å². The van der Waals surface area contributed by atoms with Crippen molar-refractivity contribution in [2.45, 2.75) is 19.4 Å². The van der Waals surface area contributed by atoms with Gasteiger partial charge in [-0.15, -0.1) is 0 Å². The van der Waals surface area contributed by atoms with E-state index in [1.54, 1.807) is 18.5 Å². The summed E-state index contributed by atoms with van der Waals surface area (Å²) < 4.78 is 11.2. The minimum absolute atomic E-state index is 0.246. The van der Waals surface area contributed by atoms with Gasteiger partial charge < -0.3 is 20.1 Å². The summed E-state index contributed by atoms with van der Waals surface area (Å²) >= 11 is 0. The summed E-state index contributed by atoms with van der Waals surface area (Å²) in [6.45, 7) is 6.04. The number of nitrogens with zero attached hydrogens (tertiary/aromatic N) is 2. The van der Waals surface area contributed by atoms with Gasteiger partial charge in [0.15, 0.2) is 5.75 Å². The van der Waals surface area contributed by atoms with E-state index in [0.29, 0.717) is 29.8 Å². The third-order valence-electron chi connectivity index (χ3n) is 4.53. The van der Waals surface area contributed by atoms with Gasteiger partial charge in [-0.05, 0) is 30.7 Å². The molecule has 0 saturated carbocycles. The summed E-state index contributed by atoms with van der Waals surface area (Å²) in [4.78, 5) is 18.8. The second-order valence-electron chi connectivity index (χ2n) is 6.33. The highest BCUT2D eigenvalue weighted by molar-refractivity contribution is 5.91. The fraction of sp³-hybridized carbons (Fsp3) is 0.400. The van der Waals surface area contributed by atoms with Gasteiger partial charge in [0, 0.05) is 31.9 Å². The van der Waals surface area contributed by atoms with Crippen molar-refractivity contribution in [1.82, 2.24) is 15.2 Å². The fourth-order valence-electron chi connectivity index (χ4n) is 3.04. The van der Waals surface area contributed by atoms with E-state index in [4.69, 9.17) is 9.47 Å². The van der Waals surface area contributed by atoms with Crippen molar-refractivity contribution in [3.05, 3.63) is 48.8 Å². The molecule has 2 N–H and O–H groups in total. The van der Waals surface area contributed by atoms with E-state index in [1.165, 1.54) is 0 Å². The van der Waals surface area contributed by atoms with E-state index < -0.39 is 0 Å². The quantitative estimate of drug-likeness (QED) is 0.783. The summed E-state index contributed by atoms with van der Waals surface area (Å²) in [5.74, 6) is 1.19. The normalized spacial score (nSPS) is 15.7. The van der Waals surface area contributed by atoms with E-state index >= 15 is 0 Å². The first kappa shape index (κ1) is 19.1. The minimum atomic E-state index is -0.246. The Kier molecular flexibility index (Phi) is 7.01. The molecule has 1 saturated heterocycles. The summed E-state index contributed by atoms with van der Waals surface area (Å²) in [5.41, 5.74) is 0.610. The maximum absolute atomic E-state index is 12.4. The van der Waals surface area contributed by atoms with Crippen LogP contribution in [0.3, 0.4) is 0 Å². The van der Waals surface area contributed by atoms with Gasteiger partial charge in [-0.2, -0.15) is 0 Å². The Morgan fingerprint density at radius 3 is 2.81 bits per heavy atom. The molecule has 1 aromatic carbocycles. The Bertz CT molecular complexity index is 720. The molecule has 1 unspecified atom stereocenters. The molecule has 7 nitrogen and oxygen atoms in total. The molecule has 0 bridgehead atoms. The molecule has 2 heterocycles. The number of hydrogen-bond acceptors (Lipinski definition) is 5. The lowest BCUT2D eigenvalue weighted by molar-refractivity contribution is 0.0165. The first-order valence-corrected chi connectivity index (χ1v) is 9.30. The molecule has 1 aliphatic heterocycles. The molecule has 1 aromatic heterocycles. The Labute approximate surface area is 159 Å². The van der Waals surface area contributed by atoms with Gasteiger partial charge in [-0.25, -0.2) is 4.79 Å². The van der Waals surface area contributed by atoms with Crippen molar-refractivity contribution < 1.29 is 14.3 Å². The molecule has 0 aliphatic carbocycles. The Hall–Kier alpha value is -2.64. The molecule has 1 aliphatic rings. The molecular formula is C20H26N4O3. The van der Waals surface area contributed by atoms with Crippen LogP contribution in [-0.2, 0) is 4.74 Å². The molecule has 0 radical (unpaired) electrons. The number of carbonyl (C=O) groups excluding carboxylic acids is 1. The lowest BCUT2D eigenvalue weighted by Gasteiger charge is -2.34. The van der Waals surface area contributed by atoms with E-state index in [2.05, 4.69) is 27.4 Å². The van der Waals surface area contributed by atoms with Crippen molar-refractivity contribution in [2.24, 2.45) is 0 Å². The maximum atomic E-state index is 12.4. The van der Waals surface area contributed by atoms with Crippen LogP contribution < -0.4 is 15.4 Å². The number of carbonyl (C=O) groups is 1. The van der Waals surface area contributed by atoms with Crippen LogP contribution in [0.15, 0.2) is 48.8 Å². The van der Waals surface area contributed by atoms with Gasteiger partial charge >= 0.3 is 6.03 Å². The standard InChI is InChI=1S/C20H26N4O3/c1-2-16(24-10-12-26-13-11-24)14-22-20(25)23-18-7-3-4-8-19(18)27-17-6-5-9-21-15-17/h3-9,15-16H,2,10-14H2,1H3,(H2,22,23,25). The largest absolute Gasteiger partial charge is 0.454 e. The van der Waals surface area contributed by atoms with E-state index in [0.717, 1.165) is 32.7 Å². The van der Waals surface area contributed by atoms with Crippen LogP contribution in [-0.4, -0.2) is 54.8 Å². The van der Waals surface area contributed by atoms with Crippen LogP contribution >= 0.6 is 0 Å². The molecular weight excluding hydrogens is 344 g/mol. The van der Waals surface area contributed by atoms with Crippen LogP contribution in [0.2, 0.25) is 0 Å². The smallest absolute Gasteiger partial charge is 0.319 e. The zero-order valence-electron chi connectivity index (χ0n) is 15.6. The van der Waals surface area contributed by atoms with Crippen LogP contribution in [0.1, 0.15) is 13.3 Å². The highest BCUT2D eigenvalue weighted by Gasteiger charge is 2.20. The Balaban J connectivity index is 1.56. The zero-order chi connectivity index (χ0) is 18.9. The van der Waals surface area contributed by atoms with E-state index in [9.17, 15) is 4.79 Å². The number of urea groups is 1. The number of rotatable bonds is 7. The third-order valence-corrected chi connectivity index (χ3v) is 4.53. The highest BCUT2D eigenvalue weighted by atomic mass is 16.5. The topological polar surface area (TPSA) is 75.7 Å². The second-order valence-corrected chi connectivity index (χ2v) is 6.33. The first-order valence-electron chi connectivity index (χ1n) is 9.30. The number of amides is 2. The van der Waals surface area contributed by atoms with Gasteiger partial charge in [-0.3, -0.25) is 9.88 Å². The number of aromatic nitrogens is 1. The number of hydrogen-bond donors (Lipinski definition) is 2. The van der Waals surface area contributed by atoms with Crippen LogP contribution in [0.25, 0.3) is 0 Å². The Morgan fingerprint density at radius 1 is 1.26 bits per heavy atom. The Morgan fingerprint density at radius 2 is 2.07 bits per heavy atom. The first-order chi connectivity index (χ1) is 13.3. The highest BCUT2D eigenvalue weighted by Crippen LogP contribution is 2.28. The number of nitrogens with one attached hydrogen (secondary N) is 2. The monoisotopic (exact) mass is 370 g/mol. The van der Waals surface area contributed by atoms with Gasteiger partial charge in [0.1, 0.15) is 5.75 Å². The number of morpholine rings is 1. The van der Waals surface area contributed by atoms with Crippen molar-refractivity contribution in [3.8, 4) is 11.5 Å². The number of anilines is 1. The summed E-state index contributed by atoms with van der Waals surface area (Å²) in [6.07, 6.45) is 4.29. The lowest BCUT2D eigenvalue weighted by atomic mass is 10.2. The zero-order valence-corrected chi connectivity index (χ0v) is 15.6. The molecule has 1 fully saturated rings. The second kappa shape index (κ2) is 9.89. The fourth-order valence-corrected chi connectivity index (χ4v) is 3.04. The molecule has 7 heteroatoms. The van der Waals surface area contributed by atoms with Gasteiger partial charge in [0.05, 0.1) is 25.1 Å². The van der Waals surface area contributed by atoms with Crippen LogP contribution in [0.4, 0.5) is 10.5 Å². The third kappa shape index (κ3) is 5.67. The van der Waals surface area contributed by atoms with E-state index in [1.807, 2.05) is 30.3 Å².